The molecule has 0 aromatic heterocycles. The zero-order valence-corrected chi connectivity index (χ0v) is 12.6. The van der Waals surface area contributed by atoms with E-state index in [1.54, 1.807) is 0 Å². The lowest BCUT2D eigenvalue weighted by atomic mass is 10.2. The van der Waals surface area contributed by atoms with E-state index in [0.29, 0.717) is 0 Å². The Hall–Kier alpha value is -0.120. The second kappa shape index (κ2) is 6.88. The first kappa shape index (κ1) is 14.3. The van der Waals surface area contributed by atoms with Gasteiger partial charge in [-0.25, -0.2) is 0 Å². The van der Waals surface area contributed by atoms with Crippen molar-refractivity contribution in [3.05, 3.63) is 0 Å². The molecule has 2 saturated heterocycles. The lowest BCUT2D eigenvalue weighted by Gasteiger charge is -2.32. The van der Waals surface area contributed by atoms with Gasteiger partial charge in [-0.1, -0.05) is 13.8 Å². The summed E-state index contributed by atoms with van der Waals surface area (Å²) in [6.07, 6.45) is 6.92. The van der Waals surface area contributed by atoms with Crippen LogP contribution in [0.4, 0.5) is 0 Å². The number of rotatable bonds is 6. The maximum absolute atomic E-state index is 2.69. The summed E-state index contributed by atoms with van der Waals surface area (Å²) >= 11 is 0. The van der Waals surface area contributed by atoms with Crippen LogP contribution in [0.5, 0.6) is 0 Å². The lowest BCUT2D eigenvalue weighted by Crippen LogP contribution is -2.44. The highest BCUT2D eigenvalue weighted by Gasteiger charge is 2.27. The van der Waals surface area contributed by atoms with Gasteiger partial charge in [0.05, 0.1) is 6.67 Å². The molecule has 106 valence electrons. The Balaban J connectivity index is 1.76. The summed E-state index contributed by atoms with van der Waals surface area (Å²) in [6.45, 7) is 10.9. The molecule has 3 heteroatoms. The van der Waals surface area contributed by atoms with Crippen molar-refractivity contribution < 1.29 is 0 Å². The number of hydrogen-bond donors (Lipinski definition) is 0. The van der Waals surface area contributed by atoms with Gasteiger partial charge in [-0.05, 0) is 58.8 Å². The average molecular weight is 253 g/mol. The standard InChI is InChI=1S/C15H31N3/c1-4-14-8-6-11-18(14)13-16(3)12-15-9-7-10-17(15)5-2/h14-15H,4-13H2,1-3H3. The minimum absolute atomic E-state index is 0.808. The predicted molar refractivity (Wildman–Crippen MR) is 77.8 cm³/mol. The molecule has 0 aromatic rings. The zero-order valence-electron chi connectivity index (χ0n) is 12.6. The smallest absolute Gasteiger partial charge is 0.0506 e. The van der Waals surface area contributed by atoms with Gasteiger partial charge in [0.25, 0.3) is 0 Å². The van der Waals surface area contributed by atoms with Crippen LogP contribution in [0.25, 0.3) is 0 Å². The Kier molecular flexibility index (Phi) is 5.46. The van der Waals surface area contributed by atoms with Crippen molar-refractivity contribution in [1.29, 1.82) is 0 Å². The van der Waals surface area contributed by atoms with Crippen LogP contribution in [0.2, 0.25) is 0 Å². The van der Waals surface area contributed by atoms with Crippen molar-refractivity contribution in [3.63, 3.8) is 0 Å². The number of likely N-dealkylation sites (tertiary alicyclic amines) is 2. The third kappa shape index (κ3) is 3.46. The van der Waals surface area contributed by atoms with Crippen LogP contribution < -0.4 is 0 Å². The van der Waals surface area contributed by atoms with Crippen molar-refractivity contribution in [2.75, 3.05) is 39.9 Å². The Bertz CT molecular complexity index is 220. The van der Waals surface area contributed by atoms with E-state index >= 15 is 0 Å². The fourth-order valence-corrected chi connectivity index (χ4v) is 3.79. The van der Waals surface area contributed by atoms with Crippen LogP contribution in [0, 0.1) is 0 Å². The number of nitrogens with zero attached hydrogens (tertiary/aromatic N) is 3. The molecule has 2 aliphatic rings. The van der Waals surface area contributed by atoms with Gasteiger partial charge >= 0.3 is 0 Å². The van der Waals surface area contributed by atoms with Crippen molar-refractivity contribution in [1.82, 2.24) is 14.7 Å². The van der Waals surface area contributed by atoms with E-state index < -0.39 is 0 Å². The van der Waals surface area contributed by atoms with Crippen molar-refractivity contribution in [3.8, 4) is 0 Å². The molecule has 0 aromatic carbocycles. The van der Waals surface area contributed by atoms with Gasteiger partial charge < -0.3 is 0 Å². The SMILES string of the molecule is CCC1CCCN1CN(C)CC1CCCN1CC. The molecule has 2 atom stereocenters. The highest BCUT2D eigenvalue weighted by molar-refractivity contribution is 4.82. The first-order valence-corrected chi connectivity index (χ1v) is 7.91. The van der Waals surface area contributed by atoms with Gasteiger partial charge in [0.1, 0.15) is 0 Å². The Labute approximate surface area is 113 Å². The molecule has 3 nitrogen and oxygen atoms in total. The van der Waals surface area contributed by atoms with Crippen LogP contribution in [0.1, 0.15) is 46.0 Å². The summed E-state index contributed by atoms with van der Waals surface area (Å²) < 4.78 is 0. The molecule has 2 unspecified atom stereocenters. The van der Waals surface area contributed by atoms with Crippen molar-refractivity contribution >= 4 is 0 Å². The molecule has 0 spiro atoms. The van der Waals surface area contributed by atoms with Crippen LogP contribution >= 0.6 is 0 Å². The zero-order chi connectivity index (χ0) is 13.0. The van der Waals surface area contributed by atoms with Crippen molar-refractivity contribution in [2.24, 2.45) is 0 Å². The maximum Gasteiger partial charge on any atom is 0.0506 e. The summed E-state index contributed by atoms with van der Waals surface area (Å²) in [5.41, 5.74) is 0. The van der Waals surface area contributed by atoms with Crippen LogP contribution in [-0.2, 0) is 0 Å². The van der Waals surface area contributed by atoms with Crippen LogP contribution in [-0.4, -0.2) is 66.7 Å². The molecule has 2 heterocycles. The monoisotopic (exact) mass is 253 g/mol. The molecule has 0 amide bonds. The maximum atomic E-state index is 2.69. The van der Waals surface area contributed by atoms with Crippen molar-refractivity contribution in [2.45, 2.75) is 58.0 Å². The van der Waals surface area contributed by atoms with Gasteiger partial charge in [-0.2, -0.15) is 0 Å². The van der Waals surface area contributed by atoms with Crippen LogP contribution in [0.15, 0.2) is 0 Å². The van der Waals surface area contributed by atoms with Gasteiger partial charge in [0.2, 0.25) is 0 Å². The normalized spacial score (nSPS) is 30.7. The largest absolute Gasteiger partial charge is 0.299 e. The molecular formula is C15H31N3. The predicted octanol–water partition coefficient (Wildman–Crippen LogP) is 2.23. The van der Waals surface area contributed by atoms with Crippen LogP contribution in [0.3, 0.4) is 0 Å². The molecule has 2 fully saturated rings. The third-order valence-electron chi connectivity index (χ3n) is 4.82. The number of hydrogen-bond acceptors (Lipinski definition) is 3. The molecule has 0 radical (unpaired) electrons. The quantitative estimate of drug-likeness (QED) is 0.719. The van der Waals surface area contributed by atoms with E-state index in [2.05, 4.69) is 35.6 Å². The molecule has 0 bridgehead atoms. The third-order valence-corrected chi connectivity index (χ3v) is 4.82. The summed E-state index contributed by atoms with van der Waals surface area (Å²) in [5.74, 6) is 0. The highest BCUT2D eigenvalue weighted by atomic mass is 15.3. The molecule has 2 aliphatic heterocycles. The van der Waals surface area contributed by atoms with E-state index in [1.807, 2.05) is 0 Å². The molecule has 2 rings (SSSR count). The van der Waals surface area contributed by atoms with Gasteiger partial charge in [0, 0.05) is 18.6 Å². The number of likely N-dealkylation sites (N-methyl/N-ethyl adjacent to an activating group) is 2. The Morgan fingerprint density at radius 3 is 2.33 bits per heavy atom. The highest BCUT2D eigenvalue weighted by Crippen LogP contribution is 2.21. The van der Waals surface area contributed by atoms with Gasteiger partial charge in [-0.15, -0.1) is 0 Å². The summed E-state index contributed by atoms with van der Waals surface area (Å²) in [5, 5.41) is 0. The Morgan fingerprint density at radius 2 is 1.67 bits per heavy atom. The molecule has 0 aliphatic carbocycles. The minimum Gasteiger partial charge on any atom is -0.299 e. The van der Waals surface area contributed by atoms with Gasteiger partial charge in [0.15, 0.2) is 0 Å². The second-order valence-electron chi connectivity index (χ2n) is 6.12. The van der Waals surface area contributed by atoms with E-state index in [1.165, 1.54) is 65.0 Å². The molecule has 18 heavy (non-hydrogen) atoms. The van der Waals surface area contributed by atoms with E-state index in [4.69, 9.17) is 0 Å². The summed E-state index contributed by atoms with van der Waals surface area (Å²) in [7, 11) is 2.30. The Morgan fingerprint density at radius 1 is 1.00 bits per heavy atom. The van der Waals surface area contributed by atoms with E-state index in [9.17, 15) is 0 Å². The van der Waals surface area contributed by atoms with Gasteiger partial charge in [-0.3, -0.25) is 14.7 Å². The molecule has 0 N–H and O–H groups in total. The topological polar surface area (TPSA) is 9.72 Å². The lowest BCUT2D eigenvalue weighted by molar-refractivity contribution is 0.113. The fraction of sp³-hybridized carbons (Fsp3) is 1.00. The first-order chi connectivity index (χ1) is 8.74. The van der Waals surface area contributed by atoms with E-state index in [0.717, 1.165) is 12.1 Å². The summed E-state index contributed by atoms with van der Waals surface area (Å²) in [4.78, 5) is 7.88. The minimum atomic E-state index is 0.808. The fourth-order valence-electron chi connectivity index (χ4n) is 3.79. The first-order valence-electron chi connectivity index (χ1n) is 7.91. The van der Waals surface area contributed by atoms with E-state index in [-0.39, 0.29) is 0 Å². The second-order valence-corrected chi connectivity index (χ2v) is 6.12. The summed E-state index contributed by atoms with van der Waals surface area (Å²) in [6, 6.07) is 1.65. The molecule has 0 saturated carbocycles. The molecular weight excluding hydrogens is 222 g/mol. The average Bonchev–Trinajstić information content (AvgIpc) is 2.97.